The van der Waals surface area contributed by atoms with Gasteiger partial charge in [-0.2, -0.15) is 15.1 Å². The van der Waals surface area contributed by atoms with Gasteiger partial charge in [0.2, 0.25) is 5.17 Å². The molecular weight excluding hydrogens is 534 g/mol. The molecule has 0 bridgehead atoms. The summed E-state index contributed by atoms with van der Waals surface area (Å²) in [5.41, 5.74) is 5.31. The molecule has 0 fully saturated rings. The lowest BCUT2D eigenvalue weighted by Gasteiger charge is -2.20. The fourth-order valence-electron chi connectivity index (χ4n) is 5.09. The number of hydrogen-bond donors (Lipinski definition) is 1. The smallest absolute Gasteiger partial charge is 0.283 e. The third kappa shape index (κ3) is 5.16. The first kappa shape index (κ1) is 26.6. The maximum absolute atomic E-state index is 13.1. The van der Waals surface area contributed by atoms with Gasteiger partial charge in [0.1, 0.15) is 29.8 Å². The summed E-state index contributed by atoms with van der Waals surface area (Å²) in [6.07, 6.45) is 1.77. The number of amidine groups is 2. The van der Waals surface area contributed by atoms with E-state index in [1.54, 1.807) is 6.08 Å². The van der Waals surface area contributed by atoms with Gasteiger partial charge < -0.3 is 14.0 Å². The zero-order chi connectivity index (χ0) is 28.5. The van der Waals surface area contributed by atoms with Gasteiger partial charge in [-0.1, -0.05) is 54.6 Å². The second kappa shape index (κ2) is 11.1. The summed E-state index contributed by atoms with van der Waals surface area (Å²) < 4.78 is 14.2. The quantitative estimate of drug-likeness (QED) is 0.253. The highest BCUT2D eigenvalue weighted by molar-refractivity contribution is 8.27. The molecule has 0 aliphatic carbocycles. The molecule has 4 aromatic rings. The van der Waals surface area contributed by atoms with Crippen LogP contribution < -0.4 is 9.47 Å². The topological polar surface area (TPSA) is 92.3 Å². The minimum Gasteiger partial charge on any atom is -0.491 e. The van der Waals surface area contributed by atoms with Gasteiger partial charge in [0.15, 0.2) is 5.84 Å². The van der Waals surface area contributed by atoms with Crippen LogP contribution in [0.2, 0.25) is 0 Å². The van der Waals surface area contributed by atoms with E-state index in [0.717, 1.165) is 44.8 Å². The number of thioether (sulfide) groups is 1. The van der Waals surface area contributed by atoms with Crippen molar-refractivity contribution in [1.29, 1.82) is 5.41 Å². The van der Waals surface area contributed by atoms with Gasteiger partial charge in [-0.3, -0.25) is 10.2 Å². The van der Waals surface area contributed by atoms with Crippen molar-refractivity contribution in [1.82, 2.24) is 9.58 Å². The minimum absolute atomic E-state index is 0.00296. The summed E-state index contributed by atoms with van der Waals surface area (Å²) in [5.74, 6) is 1.18. The van der Waals surface area contributed by atoms with Gasteiger partial charge in [-0.05, 0) is 67.9 Å². The number of nitrogens with zero attached hydrogens (tertiary/aromatic N) is 4. The summed E-state index contributed by atoms with van der Waals surface area (Å²) in [6, 6.07) is 23.7. The Bertz CT molecular complexity index is 1750. The largest absolute Gasteiger partial charge is 0.491 e. The van der Waals surface area contributed by atoms with Crippen LogP contribution in [0.3, 0.4) is 0 Å². The number of benzene rings is 3. The van der Waals surface area contributed by atoms with Crippen LogP contribution in [-0.2, 0) is 11.3 Å². The van der Waals surface area contributed by atoms with Crippen molar-refractivity contribution in [2.45, 2.75) is 27.3 Å². The van der Waals surface area contributed by atoms with E-state index in [1.165, 1.54) is 16.8 Å². The van der Waals surface area contributed by atoms with Gasteiger partial charge >= 0.3 is 0 Å². The van der Waals surface area contributed by atoms with E-state index < -0.39 is 5.91 Å². The molecule has 1 N–H and O–H groups in total. The zero-order valence-corrected chi connectivity index (χ0v) is 23.9. The Morgan fingerprint density at radius 3 is 2.44 bits per heavy atom. The van der Waals surface area contributed by atoms with E-state index in [9.17, 15) is 4.79 Å². The molecule has 3 heterocycles. The molecule has 1 aromatic heterocycles. The zero-order valence-electron chi connectivity index (χ0n) is 23.0. The fraction of sp³-hybridized carbons (Fsp3) is 0.188. The van der Waals surface area contributed by atoms with Crippen molar-refractivity contribution in [2.24, 2.45) is 10.1 Å². The van der Waals surface area contributed by atoms with Crippen LogP contribution in [0.15, 0.2) is 88.5 Å². The molecule has 0 saturated carbocycles. The Balaban J connectivity index is 1.26. The van der Waals surface area contributed by atoms with Gasteiger partial charge in [-0.15, -0.1) is 0 Å². The second-order valence-corrected chi connectivity index (χ2v) is 10.9. The molecule has 206 valence electrons. The number of amides is 1. The second-order valence-electron chi connectivity index (χ2n) is 9.85. The average molecular weight is 564 g/mol. The molecule has 2 aliphatic rings. The van der Waals surface area contributed by atoms with Gasteiger partial charge in [0.05, 0.1) is 12.1 Å². The number of aryl methyl sites for hydroxylation is 2. The third-order valence-electron chi connectivity index (χ3n) is 7.14. The Labute approximate surface area is 242 Å². The molecule has 0 spiro atoms. The predicted molar refractivity (Wildman–Crippen MR) is 165 cm³/mol. The number of nitrogens with one attached hydrogen (secondary N) is 1. The number of carbonyl (C=O) groups is 1. The normalized spacial score (nSPS) is 15.8. The van der Waals surface area contributed by atoms with E-state index in [4.69, 9.17) is 14.9 Å². The number of ether oxygens (including phenoxy) is 2. The predicted octanol–water partition coefficient (Wildman–Crippen LogP) is 6.34. The molecular formula is C32H29N5O3S. The van der Waals surface area contributed by atoms with Crippen LogP contribution >= 0.6 is 11.8 Å². The molecule has 8 nitrogen and oxygen atoms in total. The van der Waals surface area contributed by atoms with E-state index >= 15 is 0 Å². The fourth-order valence-corrected chi connectivity index (χ4v) is 5.89. The van der Waals surface area contributed by atoms with Crippen LogP contribution in [0.1, 0.15) is 22.4 Å². The first-order chi connectivity index (χ1) is 19.9. The van der Waals surface area contributed by atoms with E-state index in [0.29, 0.717) is 23.4 Å². The van der Waals surface area contributed by atoms with Crippen molar-refractivity contribution >= 4 is 50.7 Å². The average Bonchev–Trinajstić information content (AvgIpc) is 3.50. The van der Waals surface area contributed by atoms with Crippen LogP contribution in [-0.4, -0.2) is 44.7 Å². The van der Waals surface area contributed by atoms with Gasteiger partial charge in [-0.25, -0.2) is 0 Å². The van der Waals surface area contributed by atoms with Crippen LogP contribution in [0.4, 0.5) is 0 Å². The highest BCUT2D eigenvalue weighted by atomic mass is 32.2. The van der Waals surface area contributed by atoms with Crippen LogP contribution in [0, 0.1) is 26.2 Å². The molecule has 6 rings (SSSR count). The molecule has 3 aromatic carbocycles. The molecule has 41 heavy (non-hydrogen) atoms. The lowest BCUT2D eigenvalue weighted by molar-refractivity contribution is -0.114. The number of para-hydroxylation sites is 3. The monoisotopic (exact) mass is 563 g/mol. The van der Waals surface area contributed by atoms with E-state index in [2.05, 4.69) is 46.7 Å². The van der Waals surface area contributed by atoms with Crippen molar-refractivity contribution < 1.29 is 14.3 Å². The first-order valence-corrected chi connectivity index (χ1v) is 14.2. The van der Waals surface area contributed by atoms with Crippen molar-refractivity contribution in [2.75, 3.05) is 13.2 Å². The Hall–Kier alpha value is -4.63. The summed E-state index contributed by atoms with van der Waals surface area (Å²) in [5, 5.41) is 16.8. The molecule has 9 heteroatoms. The molecule has 1 amide bonds. The number of aromatic nitrogens is 1. The number of fused-ring (bicyclic) bond motifs is 2. The number of rotatable bonds is 8. The first-order valence-electron chi connectivity index (χ1n) is 13.3. The van der Waals surface area contributed by atoms with E-state index in [1.807, 2.05) is 61.5 Å². The Kier molecular flexibility index (Phi) is 7.19. The molecule has 0 unspecified atom stereocenters. The number of hydrazone groups is 1. The third-order valence-corrected chi connectivity index (χ3v) is 8.02. The summed E-state index contributed by atoms with van der Waals surface area (Å²) in [6.45, 7) is 7.48. The molecule has 0 saturated heterocycles. The van der Waals surface area contributed by atoms with Crippen LogP contribution in [0.5, 0.6) is 11.5 Å². The highest BCUT2D eigenvalue weighted by Crippen LogP contribution is 2.32. The van der Waals surface area contributed by atoms with Crippen molar-refractivity contribution in [3.8, 4) is 11.5 Å². The van der Waals surface area contributed by atoms with Crippen molar-refractivity contribution in [3.63, 3.8) is 0 Å². The van der Waals surface area contributed by atoms with Crippen LogP contribution in [0.25, 0.3) is 17.0 Å². The summed E-state index contributed by atoms with van der Waals surface area (Å²) >= 11 is 1.24. The summed E-state index contributed by atoms with van der Waals surface area (Å²) in [7, 11) is 0. The molecule has 0 radical (unpaired) electrons. The number of aliphatic imine (C=N–C) groups is 1. The standard InChI is InChI=1S/C32H29N5O3S/c1-20-10-9-11-21(2)29(20)39-17-16-36-22(3)25(24-14-7-8-15-27(24)36)18-26-30(33)37-32(34-31(26)38)41-28(35-37)19-40-23-12-5-4-6-13-23/h4-15,18,33H,16-17,19H2,1-3H3. The van der Waals surface area contributed by atoms with E-state index in [-0.39, 0.29) is 18.0 Å². The highest BCUT2D eigenvalue weighted by Gasteiger charge is 2.36. The number of hydrogen-bond acceptors (Lipinski definition) is 6. The lowest BCUT2D eigenvalue weighted by Crippen LogP contribution is -2.35. The number of carbonyl (C=O) groups excluding carboxylic acids is 1. The van der Waals surface area contributed by atoms with Gasteiger partial charge in [0, 0.05) is 22.2 Å². The SMILES string of the molecule is Cc1cccc(C)c1OCCn1c(C)c(C=C2C(=N)N3N=C(COc4ccccc4)SC3=NC2=O)c2ccccc21. The van der Waals surface area contributed by atoms with Crippen molar-refractivity contribution in [3.05, 3.63) is 101 Å². The van der Waals surface area contributed by atoms with Gasteiger partial charge in [0.25, 0.3) is 5.91 Å². The minimum atomic E-state index is -0.455. The molecule has 0 atom stereocenters. The lowest BCUT2D eigenvalue weighted by atomic mass is 10.1. The maximum Gasteiger partial charge on any atom is 0.283 e. The maximum atomic E-state index is 13.1. The summed E-state index contributed by atoms with van der Waals surface area (Å²) in [4.78, 5) is 17.4. The molecule has 2 aliphatic heterocycles. The Morgan fingerprint density at radius 1 is 0.927 bits per heavy atom. The Morgan fingerprint density at radius 2 is 1.66 bits per heavy atom.